The van der Waals surface area contributed by atoms with Crippen LogP contribution < -0.4 is 5.32 Å². The molecule has 0 spiro atoms. The zero-order valence-electron chi connectivity index (χ0n) is 12.3. The fraction of sp³-hybridized carbons (Fsp3) is 1.00. The molecule has 2 fully saturated rings. The minimum Gasteiger partial charge on any atom is -0.317 e. The Hall–Kier alpha value is -0.130. The van der Waals surface area contributed by atoms with Crippen molar-refractivity contribution in [3.05, 3.63) is 0 Å². The molecule has 0 aromatic rings. The molecule has 0 saturated carbocycles. The predicted molar refractivity (Wildman–Crippen MR) is 78.6 cm³/mol. The van der Waals surface area contributed by atoms with E-state index in [0.29, 0.717) is 5.41 Å². The van der Waals surface area contributed by atoms with Gasteiger partial charge in [0.25, 0.3) is 0 Å². The summed E-state index contributed by atoms with van der Waals surface area (Å²) in [6.07, 6.45) is 5.95. The first kappa shape index (κ1) is 15.3. The molecular formula is C14H28N2O2S. The average molecular weight is 288 g/mol. The lowest BCUT2D eigenvalue weighted by atomic mass is 9.75. The fourth-order valence-corrected chi connectivity index (χ4v) is 5.42. The fourth-order valence-electron chi connectivity index (χ4n) is 3.48. The summed E-state index contributed by atoms with van der Waals surface area (Å²) in [6.45, 7) is 7.61. The number of nitrogens with zero attached hydrogens (tertiary/aromatic N) is 1. The topological polar surface area (TPSA) is 49.4 Å². The van der Waals surface area contributed by atoms with Gasteiger partial charge in [-0.15, -0.1) is 0 Å². The quantitative estimate of drug-likeness (QED) is 0.860. The second-order valence-corrected chi connectivity index (χ2v) is 8.31. The van der Waals surface area contributed by atoms with Crippen LogP contribution in [0.5, 0.6) is 0 Å². The van der Waals surface area contributed by atoms with Crippen LogP contribution in [0.1, 0.15) is 52.4 Å². The van der Waals surface area contributed by atoms with Crippen molar-refractivity contribution in [3.63, 3.8) is 0 Å². The van der Waals surface area contributed by atoms with E-state index in [1.165, 1.54) is 12.8 Å². The molecule has 0 aromatic carbocycles. The van der Waals surface area contributed by atoms with Crippen LogP contribution in [0, 0.1) is 5.41 Å². The normalized spacial score (nSPS) is 26.4. The first-order chi connectivity index (χ1) is 9.04. The van der Waals surface area contributed by atoms with E-state index in [4.69, 9.17) is 0 Å². The highest BCUT2D eigenvalue weighted by molar-refractivity contribution is 7.89. The minimum absolute atomic E-state index is 0.149. The lowest BCUT2D eigenvalue weighted by molar-refractivity contribution is 0.140. The highest BCUT2D eigenvalue weighted by Gasteiger charge is 2.39. The lowest BCUT2D eigenvalue weighted by Crippen LogP contribution is -2.48. The molecule has 2 aliphatic heterocycles. The number of piperidine rings is 2. The molecule has 112 valence electrons. The molecule has 19 heavy (non-hydrogen) atoms. The van der Waals surface area contributed by atoms with Crippen molar-refractivity contribution in [1.29, 1.82) is 0 Å². The summed E-state index contributed by atoms with van der Waals surface area (Å²) < 4.78 is 27.0. The van der Waals surface area contributed by atoms with Gasteiger partial charge in [-0.1, -0.05) is 26.7 Å². The maximum absolute atomic E-state index is 12.6. The van der Waals surface area contributed by atoms with Crippen molar-refractivity contribution in [1.82, 2.24) is 9.62 Å². The minimum atomic E-state index is -3.06. The van der Waals surface area contributed by atoms with E-state index in [1.54, 1.807) is 4.31 Å². The highest BCUT2D eigenvalue weighted by Crippen LogP contribution is 2.39. The van der Waals surface area contributed by atoms with Crippen molar-refractivity contribution in [2.45, 2.75) is 57.6 Å². The van der Waals surface area contributed by atoms with E-state index in [0.717, 1.165) is 51.9 Å². The van der Waals surface area contributed by atoms with E-state index in [1.807, 2.05) is 0 Å². The van der Waals surface area contributed by atoms with E-state index >= 15 is 0 Å². The van der Waals surface area contributed by atoms with Crippen LogP contribution in [-0.4, -0.2) is 44.2 Å². The Labute approximate surface area is 118 Å². The standard InChI is InChI=1S/C14H28N2O2S/c1-3-14(4-2)7-11-16(12-8-14)19(17,18)13-5-9-15-10-6-13/h13,15H,3-12H2,1-2H3. The van der Waals surface area contributed by atoms with Crippen molar-refractivity contribution in [3.8, 4) is 0 Å². The SMILES string of the molecule is CCC1(CC)CCN(S(=O)(=O)C2CCNCC2)CC1. The molecule has 2 heterocycles. The molecule has 1 N–H and O–H groups in total. The summed E-state index contributed by atoms with van der Waals surface area (Å²) in [5.41, 5.74) is 0.389. The van der Waals surface area contributed by atoms with Gasteiger partial charge < -0.3 is 5.32 Å². The Morgan fingerprint density at radius 3 is 2.11 bits per heavy atom. The second kappa shape index (κ2) is 6.10. The van der Waals surface area contributed by atoms with Crippen LogP contribution in [0.2, 0.25) is 0 Å². The van der Waals surface area contributed by atoms with Gasteiger partial charge >= 0.3 is 0 Å². The number of rotatable bonds is 4. The Bertz CT molecular complexity index is 374. The molecule has 0 bridgehead atoms. The Balaban J connectivity index is 2.00. The molecule has 0 amide bonds. The zero-order valence-corrected chi connectivity index (χ0v) is 13.1. The van der Waals surface area contributed by atoms with Crippen molar-refractivity contribution >= 4 is 10.0 Å². The van der Waals surface area contributed by atoms with E-state index < -0.39 is 10.0 Å². The van der Waals surface area contributed by atoms with Gasteiger partial charge in [0.15, 0.2) is 0 Å². The number of sulfonamides is 1. The molecule has 4 nitrogen and oxygen atoms in total. The summed E-state index contributed by atoms with van der Waals surface area (Å²) in [7, 11) is -3.06. The maximum atomic E-state index is 12.6. The molecule has 2 rings (SSSR count). The van der Waals surface area contributed by atoms with Crippen molar-refractivity contribution in [2.75, 3.05) is 26.2 Å². The van der Waals surface area contributed by atoms with Crippen LogP contribution in [0.3, 0.4) is 0 Å². The second-order valence-electron chi connectivity index (χ2n) is 6.10. The smallest absolute Gasteiger partial charge is 0.217 e. The highest BCUT2D eigenvalue weighted by atomic mass is 32.2. The molecular weight excluding hydrogens is 260 g/mol. The number of hydrogen-bond donors (Lipinski definition) is 1. The van der Waals surface area contributed by atoms with Gasteiger partial charge in [0.05, 0.1) is 5.25 Å². The first-order valence-electron chi connectivity index (χ1n) is 7.74. The van der Waals surface area contributed by atoms with Crippen molar-refractivity contribution < 1.29 is 8.42 Å². The van der Waals surface area contributed by atoms with Crippen molar-refractivity contribution in [2.24, 2.45) is 5.41 Å². The van der Waals surface area contributed by atoms with Crippen LogP contribution in [0.4, 0.5) is 0 Å². The largest absolute Gasteiger partial charge is 0.317 e. The molecule has 0 atom stereocenters. The molecule has 2 aliphatic rings. The van der Waals surface area contributed by atoms with Gasteiger partial charge in [-0.2, -0.15) is 0 Å². The maximum Gasteiger partial charge on any atom is 0.217 e. The molecule has 0 aromatic heterocycles. The summed E-state index contributed by atoms with van der Waals surface area (Å²) >= 11 is 0. The third-order valence-electron chi connectivity index (χ3n) is 5.35. The summed E-state index contributed by atoms with van der Waals surface area (Å²) in [6, 6.07) is 0. The van der Waals surface area contributed by atoms with Gasteiger partial charge in [-0.3, -0.25) is 0 Å². The third kappa shape index (κ3) is 3.14. The summed E-state index contributed by atoms with van der Waals surface area (Å²) in [4.78, 5) is 0. The van der Waals surface area contributed by atoms with Gasteiger partial charge in [-0.25, -0.2) is 12.7 Å². The van der Waals surface area contributed by atoms with Crippen LogP contribution in [-0.2, 0) is 10.0 Å². The molecule has 2 saturated heterocycles. The van der Waals surface area contributed by atoms with E-state index in [9.17, 15) is 8.42 Å². The van der Waals surface area contributed by atoms with Gasteiger partial charge in [0.2, 0.25) is 10.0 Å². The van der Waals surface area contributed by atoms with E-state index in [2.05, 4.69) is 19.2 Å². The summed E-state index contributed by atoms with van der Waals surface area (Å²) in [5, 5.41) is 3.09. The molecule has 0 aliphatic carbocycles. The molecule has 5 heteroatoms. The zero-order chi connectivity index (χ0) is 13.9. The van der Waals surface area contributed by atoms with Crippen LogP contribution >= 0.6 is 0 Å². The Morgan fingerprint density at radius 2 is 1.63 bits per heavy atom. The Morgan fingerprint density at radius 1 is 1.11 bits per heavy atom. The first-order valence-corrected chi connectivity index (χ1v) is 9.24. The van der Waals surface area contributed by atoms with Gasteiger partial charge in [0.1, 0.15) is 0 Å². The van der Waals surface area contributed by atoms with Gasteiger partial charge in [0, 0.05) is 13.1 Å². The van der Waals surface area contributed by atoms with Crippen LogP contribution in [0.15, 0.2) is 0 Å². The van der Waals surface area contributed by atoms with Crippen LogP contribution in [0.25, 0.3) is 0 Å². The van der Waals surface area contributed by atoms with Gasteiger partial charge in [-0.05, 0) is 44.2 Å². The molecule has 0 radical (unpaired) electrons. The van der Waals surface area contributed by atoms with E-state index in [-0.39, 0.29) is 5.25 Å². The lowest BCUT2D eigenvalue weighted by Gasteiger charge is -2.41. The molecule has 0 unspecified atom stereocenters. The number of nitrogens with one attached hydrogen (secondary N) is 1. The summed E-state index contributed by atoms with van der Waals surface area (Å²) in [5.74, 6) is 0. The Kier molecular flexibility index (Phi) is 4.90. The number of hydrogen-bond acceptors (Lipinski definition) is 3. The monoisotopic (exact) mass is 288 g/mol. The third-order valence-corrected chi connectivity index (χ3v) is 7.75. The predicted octanol–water partition coefficient (Wildman–Crippen LogP) is 1.97. The average Bonchev–Trinajstić information content (AvgIpc) is 2.48.